The fourth-order valence-electron chi connectivity index (χ4n) is 1.05. The van der Waals surface area contributed by atoms with E-state index in [9.17, 15) is 0 Å². The number of nitrogens with two attached hydrogens (primary N) is 1. The van der Waals surface area contributed by atoms with E-state index in [1.807, 2.05) is 17.8 Å². The largest absolute Gasteiger partial charge is 0.381 e. The second kappa shape index (κ2) is 2.77. The van der Waals surface area contributed by atoms with E-state index in [1.165, 1.54) is 4.68 Å². The van der Waals surface area contributed by atoms with Gasteiger partial charge in [0.2, 0.25) is 5.95 Å². The number of nitrogens with zero attached hydrogens (tertiary/aromatic N) is 4. The zero-order valence-corrected chi connectivity index (χ0v) is 7.73. The highest BCUT2D eigenvalue weighted by Gasteiger charge is 2.07. The minimum Gasteiger partial charge on any atom is -0.381 e. The molecule has 2 aromatic rings. The van der Waals surface area contributed by atoms with Crippen molar-refractivity contribution < 1.29 is 0 Å². The molecule has 0 aliphatic rings. The molecule has 2 heterocycles. The van der Waals surface area contributed by atoms with Crippen molar-refractivity contribution in [1.29, 1.82) is 0 Å². The molecule has 2 aromatic heterocycles. The van der Waals surface area contributed by atoms with Crippen molar-refractivity contribution in [3.05, 3.63) is 23.6 Å². The lowest BCUT2D eigenvalue weighted by atomic mass is 10.6. The third-order valence-electron chi connectivity index (χ3n) is 1.70. The van der Waals surface area contributed by atoms with E-state index < -0.39 is 0 Å². The van der Waals surface area contributed by atoms with Crippen LogP contribution in [0.3, 0.4) is 0 Å². The predicted octanol–water partition coefficient (Wildman–Crippen LogP) is 0.841. The summed E-state index contributed by atoms with van der Waals surface area (Å²) in [7, 11) is 1.87. The molecule has 0 amide bonds. The smallest absolute Gasteiger partial charge is 0.230 e. The number of imidazole rings is 1. The molecule has 13 heavy (non-hydrogen) atoms. The fraction of sp³-hybridized carbons (Fsp3) is 0.143. The first kappa shape index (κ1) is 8.12. The lowest BCUT2D eigenvalue weighted by Crippen LogP contribution is -2.03. The summed E-state index contributed by atoms with van der Waals surface area (Å²) in [6.45, 7) is 0. The molecule has 0 spiro atoms. The lowest BCUT2D eigenvalue weighted by Gasteiger charge is -1.98. The first-order valence-electron chi connectivity index (χ1n) is 3.67. The van der Waals surface area contributed by atoms with Gasteiger partial charge in [0.15, 0.2) is 5.82 Å². The average Bonchev–Trinajstić information content (AvgIpc) is 2.60. The number of halogens is 1. The van der Waals surface area contributed by atoms with E-state index in [2.05, 4.69) is 10.1 Å². The predicted molar refractivity (Wildman–Crippen MR) is 49.8 cm³/mol. The van der Waals surface area contributed by atoms with Gasteiger partial charge in [-0.05, 0) is 0 Å². The highest BCUT2D eigenvalue weighted by molar-refractivity contribution is 6.32. The molecular weight excluding hydrogens is 190 g/mol. The molecule has 5 nitrogen and oxygen atoms in total. The highest BCUT2D eigenvalue weighted by atomic mass is 35.5. The maximum atomic E-state index is 5.75. The molecule has 0 radical (unpaired) electrons. The Balaban J connectivity index is 2.53. The maximum Gasteiger partial charge on any atom is 0.230 e. The minimum atomic E-state index is 0.310. The molecule has 68 valence electrons. The van der Waals surface area contributed by atoms with E-state index >= 15 is 0 Å². The van der Waals surface area contributed by atoms with Crippen LogP contribution in [0.4, 0.5) is 5.82 Å². The quantitative estimate of drug-likeness (QED) is 0.737. The van der Waals surface area contributed by atoms with E-state index in [0.29, 0.717) is 16.8 Å². The van der Waals surface area contributed by atoms with Crippen LogP contribution in [0.15, 0.2) is 18.6 Å². The molecule has 0 aliphatic heterocycles. The Bertz CT molecular complexity index is 410. The standard InChI is InChI=1S/C7H8ClN5/c1-12-3-2-10-7(12)13-4-5(8)6(9)11-13/h2-4H,1H3,(H2,9,11). The summed E-state index contributed by atoms with van der Waals surface area (Å²) in [6.07, 6.45) is 5.13. The molecule has 0 bridgehead atoms. The van der Waals surface area contributed by atoms with Crippen LogP contribution >= 0.6 is 11.6 Å². The van der Waals surface area contributed by atoms with Crippen molar-refractivity contribution in [3.8, 4) is 5.95 Å². The molecule has 6 heteroatoms. The number of hydrogen-bond acceptors (Lipinski definition) is 3. The minimum absolute atomic E-state index is 0.310. The van der Waals surface area contributed by atoms with Gasteiger partial charge < -0.3 is 10.3 Å². The lowest BCUT2D eigenvalue weighted by molar-refractivity contribution is 0.752. The van der Waals surface area contributed by atoms with Crippen molar-refractivity contribution >= 4 is 17.4 Å². The Morgan fingerprint density at radius 3 is 2.77 bits per heavy atom. The number of hydrogen-bond donors (Lipinski definition) is 1. The zero-order valence-electron chi connectivity index (χ0n) is 6.98. The van der Waals surface area contributed by atoms with Crippen LogP contribution in [0, 0.1) is 0 Å². The fourth-order valence-corrected chi connectivity index (χ4v) is 1.18. The van der Waals surface area contributed by atoms with E-state index in [1.54, 1.807) is 12.4 Å². The van der Waals surface area contributed by atoms with Gasteiger partial charge in [-0.3, -0.25) is 0 Å². The van der Waals surface area contributed by atoms with Gasteiger partial charge in [0.05, 0.1) is 6.20 Å². The van der Waals surface area contributed by atoms with Gasteiger partial charge >= 0.3 is 0 Å². The first-order chi connectivity index (χ1) is 6.18. The van der Waals surface area contributed by atoms with Gasteiger partial charge in [-0.25, -0.2) is 9.67 Å². The summed E-state index contributed by atoms with van der Waals surface area (Å²) >= 11 is 5.75. The molecule has 2 N–H and O–H groups in total. The molecule has 0 saturated carbocycles. The van der Waals surface area contributed by atoms with E-state index in [4.69, 9.17) is 17.3 Å². The van der Waals surface area contributed by atoms with Gasteiger partial charge in [-0.1, -0.05) is 11.6 Å². The summed E-state index contributed by atoms with van der Waals surface area (Å²) < 4.78 is 3.36. The molecule has 0 fully saturated rings. The Labute approximate surface area is 79.7 Å². The molecule has 0 atom stereocenters. The SMILES string of the molecule is Cn1ccnc1-n1cc(Cl)c(N)n1. The summed E-state index contributed by atoms with van der Waals surface area (Å²) in [5.41, 5.74) is 5.50. The van der Waals surface area contributed by atoms with Crippen molar-refractivity contribution in [2.75, 3.05) is 5.73 Å². The monoisotopic (exact) mass is 197 g/mol. The van der Waals surface area contributed by atoms with E-state index in [-0.39, 0.29) is 0 Å². The second-order valence-electron chi connectivity index (χ2n) is 2.64. The van der Waals surface area contributed by atoms with Crippen LogP contribution in [0.2, 0.25) is 5.02 Å². The molecule has 0 aliphatic carbocycles. The van der Waals surface area contributed by atoms with Crippen LogP contribution < -0.4 is 5.73 Å². The van der Waals surface area contributed by atoms with Crippen LogP contribution in [-0.2, 0) is 7.05 Å². The third-order valence-corrected chi connectivity index (χ3v) is 1.99. The van der Waals surface area contributed by atoms with Crippen LogP contribution in [0.25, 0.3) is 5.95 Å². The summed E-state index contributed by atoms with van der Waals surface area (Å²) in [6, 6.07) is 0. The average molecular weight is 198 g/mol. The normalized spacial score (nSPS) is 10.6. The number of anilines is 1. The topological polar surface area (TPSA) is 61.7 Å². The molecule has 0 aromatic carbocycles. The van der Waals surface area contributed by atoms with Crippen molar-refractivity contribution in [1.82, 2.24) is 19.3 Å². The van der Waals surface area contributed by atoms with Crippen molar-refractivity contribution in [3.63, 3.8) is 0 Å². The van der Waals surface area contributed by atoms with E-state index in [0.717, 1.165) is 0 Å². The number of aromatic nitrogens is 4. The summed E-state index contributed by atoms with van der Waals surface area (Å²) in [5.74, 6) is 0.989. The molecule has 0 unspecified atom stereocenters. The Hall–Kier alpha value is -1.49. The molecule has 2 rings (SSSR count). The van der Waals surface area contributed by atoms with Gasteiger partial charge in [0.25, 0.3) is 0 Å². The maximum absolute atomic E-state index is 5.75. The Morgan fingerprint density at radius 1 is 1.54 bits per heavy atom. The third kappa shape index (κ3) is 1.27. The van der Waals surface area contributed by atoms with Crippen LogP contribution in [-0.4, -0.2) is 19.3 Å². The highest BCUT2D eigenvalue weighted by Crippen LogP contribution is 2.17. The van der Waals surface area contributed by atoms with Gasteiger partial charge in [-0.2, -0.15) is 0 Å². The van der Waals surface area contributed by atoms with Crippen molar-refractivity contribution in [2.24, 2.45) is 7.05 Å². The number of rotatable bonds is 1. The van der Waals surface area contributed by atoms with Crippen molar-refractivity contribution in [2.45, 2.75) is 0 Å². The zero-order chi connectivity index (χ0) is 9.42. The van der Waals surface area contributed by atoms with Gasteiger partial charge in [0, 0.05) is 19.4 Å². The number of aryl methyl sites for hydroxylation is 1. The van der Waals surface area contributed by atoms with Gasteiger partial charge in [-0.15, -0.1) is 5.10 Å². The summed E-state index contributed by atoms with van der Waals surface area (Å²) in [4.78, 5) is 4.09. The Morgan fingerprint density at radius 2 is 2.31 bits per heavy atom. The Kier molecular flexibility index (Phi) is 1.73. The first-order valence-corrected chi connectivity index (χ1v) is 4.04. The van der Waals surface area contributed by atoms with Crippen LogP contribution in [0.1, 0.15) is 0 Å². The molecular formula is C7H8ClN5. The van der Waals surface area contributed by atoms with Gasteiger partial charge in [0.1, 0.15) is 5.02 Å². The second-order valence-corrected chi connectivity index (χ2v) is 3.05. The number of nitrogen functional groups attached to an aromatic ring is 1. The van der Waals surface area contributed by atoms with Crippen LogP contribution in [0.5, 0.6) is 0 Å². The molecule has 0 saturated heterocycles. The summed E-state index contributed by atoms with van der Waals surface area (Å²) in [5, 5.41) is 4.43.